The van der Waals surface area contributed by atoms with Crippen LogP contribution in [0.15, 0.2) is 48.5 Å². The highest BCUT2D eigenvalue weighted by Crippen LogP contribution is 2.27. The van der Waals surface area contributed by atoms with Crippen molar-refractivity contribution in [2.24, 2.45) is 0 Å². The molecule has 0 radical (unpaired) electrons. The van der Waals surface area contributed by atoms with Crippen molar-refractivity contribution in [3.05, 3.63) is 54.1 Å². The van der Waals surface area contributed by atoms with Crippen molar-refractivity contribution in [1.29, 1.82) is 0 Å². The molecule has 0 saturated carbocycles. The zero-order valence-corrected chi connectivity index (χ0v) is 14.1. The Morgan fingerprint density at radius 2 is 1.92 bits per heavy atom. The third-order valence-corrected chi connectivity index (χ3v) is 4.15. The molecule has 0 fully saturated rings. The lowest BCUT2D eigenvalue weighted by molar-refractivity contribution is 0.262. The van der Waals surface area contributed by atoms with Gasteiger partial charge in [-0.1, -0.05) is 47.2 Å². The summed E-state index contributed by atoms with van der Waals surface area (Å²) in [6.45, 7) is 2.02. The van der Waals surface area contributed by atoms with E-state index in [2.05, 4.69) is 20.8 Å². The molecule has 122 valence electrons. The molecule has 0 aliphatic carbocycles. The number of anilines is 2. The first-order chi connectivity index (χ1) is 11.7. The summed E-state index contributed by atoms with van der Waals surface area (Å²) in [6.07, 6.45) is 0. The maximum absolute atomic E-state index is 12.1. The second kappa shape index (κ2) is 7.10. The van der Waals surface area contributed by atoms with Gasteiger partial charge in [0.25, 0.3) is 0 Å². The van der Waals surface area contributed by atoms with Crippen LogP contribution in [0.2, 0.25) is 0 Å². The van der Waals surface area contributed by atoms with E-state index >= 15 is 0 Å². The first-order valence-corrected chi connectivity index (χ1v) is 8.09. The second-order valence-electron chi connectivity index (χ2n) is 5.06. The fourth-order valence-electron chi connectivity index (χ4n) is 2.17. The molecule has 0 bridgehead atoms. The number of para-hydroxylation sites is 2. The number of carbonyl (C=O) groups excluding carboxylic acids is 1. The van der Waals surface area contributed by atoms with Crippen molar-refractivity contribution in [2.75, 3.05) is 17.7 Å². The minimum atomic E-state index is -0.397. The summed E-state index contributed by atoms with van der Waals surface area (Å²) >= 11 is 1.32. The van der Waals surface area contributed by atoms with E-state index in [0.717, 1.165) is 16.1 Å². The standard InChI is InChI=1S/C17H16N4O2S/c1-11-6-5-7-12(10-11)15-20-21-17(24-15)19-16(22)18-13-8-3-4-9-14(13)23-2/h3-10H,1-2H3,(H2,18,19,21,22). The molecule has 0 aliphatic rings. The van der Waals surface area contributed by atoms with Gasteiger partial charge in [-0.3, -0.25) is 5.32 Å². The number of urea groups is 1. The number of aryl methyl sites for hydroxylation is 1. The van der Waals surface area contributed by atoms with Crippen LogP contribution in [0, 0.1) is 6.92 Å². The van der Waals surface area contributed by atoms with Crippen molar-refractivity contribution >= 4 is 28.2 Å². The molecule has 0 saturated heterocycles. The van der Waals surface area contributed by atoms with E-state index in [1.165, 1.54) is 11.3 Å². The van der Waals surface area contributed by atoms with Crippen LogP contribution in [-0.2, 0) is 0 Å². The fraction of sp³-hybridized carbons (Fsp3) is 0.118. The van der Waals surface area contributed by atoms with Gasteiger partial charge in [0.05, 0.1) is 12.8 Å². The molecule has 6 nitrogen and oxygen atoms in total. The Hall–Kier alpha value is -2.93. The minimum Gasteiger partial charge on any atom is -0.495 e. The lowest BCUT2D eigenvalue weighted by atomic mass is 10.1. The van der Waals surface area contributed by atoms with Crippen LogP contribution in [0.3, 0.4) is 0 Å². The highest BCUT2D eigenvalue weighted by atomic mass is 32.1. The molecule has 3 rings (SSSR count). The van der Waals surface area contributed by atoms with Gasteiger partial charge in [0.15, 0.2) is 0 Å². The first-order valence-electron chi connectivity index (χ1n) is 7.27. The van der Waals surface area contributed by atoms with E-state index in [4.69, 9.17) is 4.74 Å². The maximum atomic E-state index is 12.1. The summed E-state index contributed by atoms with van der Waals surface area (Å²) in [4.78, 5) is 12.1. The molecule has 1 heterocycles. The summed E-state index contributed by atoms with van der Waals surface area (Å²) < 4.78 is 5.20. The summed E-state index contributed by atoms with van der Waals surface area (Å²) in [5.41, 5.74) is 2.71. The molecule has 0 atom stereocenters. The van der Waals surface area contributed by atoms with Gasteiger partial charge in [0.2, 0.25) is 5.13 Å². The zero-order chi connectivity index (χ0) is 16.9. The molecule has 1 aromatic heterocycles. The molecule has 7 heteroatoms. The van der Waals surface area contributed by atoms with E-state index in [1.807, 2.05) is 43.3 Å². The average Bonchev–Trinajstić information content (AvgIpc) is 3.03. The summed E-state index contributed by atoms with van der Waals surface area (Å²) in [5.74, 6) is 0.588. The average molecular weight is 340 g/mol. The van der Waals surface area contributed by atoms with E-state index in [0.29, 0.717) is 16.6 Å². The lowest BCUT2D eigenvalue weighted by Gasteiger charge is -2.09. The second-order valence-corrected chi connectivity index (χ2v) is 6.04. The van der Waals surface area contributed by atoms with Crippen molar-refractivity contribution < 1.29 is 9.53 Å². The van der Waals surface area contributed by atoms with Gasteiger partial charge in [-0.25, -0.2) is 4.79 Å². The van der Waals surface area contributed by atoms with E-state index in [9.17, 15) is 4.79 Å². The fourth-order valence-corrected chi connectivity index (χ4v) is 2.90. The van der Waals surface area contributed by atoms with Crippen LogP contribution < -0.4 is 15.4 Å². The van der Waals surface area contributed by atoms with Crippen molar-refractivity contribution in [1.82, 2.24) is 10.2 Å². The maximum Gasteiger partial charge on any atom is 0.325 e. The van der Waals surface area contributed by atoms with Crippen molar-refractivity contribution in [3.63, 3.8) is 0 Å². The number of rotatable bonds is 4. The van der Waals surface area contributed by atoms with Crippen LogP contribution in [0.5, 0.6) is 5.75 Å². The lowest BCUT2D eigenvalue weighted by Crippen LogP contribution is -2.19. The predicted molar refractivity (Wildman–Crippen MR) is 95.7 cm³/mol. The molecule has 3 aromatic rings. The normalized spacial score (nSPS) is 10.2. The summed E-state index contributed by atoms with van der Waals surface area (Å²) in [6, 6.07) is 14.8. The largest absolute Gasteiger partial charge is 0.495 e. The van der Waals surface area contributed by atoms with Gasteiger partial charge in [0.1, 0.15) is 10.8 Å². The topological polar surface area (TPSA) is 76.1 Å². The highest BCUT2D eigenvalue weighted by Gasteiger charge is 2.11. The SMILES string of the molecule is COc1ccccc1NC(=O)Nc1nnc(-c2cccc(C)c2)s1. The van der Waals surface area contributed by atoms with Gasteiger partial charge in [0, 0.05) is 5.56 Å². The summed E-state index contributed by atoms with van der Waals surface area (Å²) in [5, 5.41) is 14.7. The number of methoxy groups -OCH3 is 1. The third-order valence-electron chi connectivity index (χ3n) is 3.27. The number of amides is 2. The Bertz CT molecular complexity index is 863. The first kappa shape index (κ1) is 15.9. The molecule has 0 spiro atoms. The molecular formula is C17H16N4O2S. The smallest absolute Gasteiger partial charge is 0.325 e. The molecule has 24 heavy (non-hydrogen) atoms. The van der Waals surface area contributed by atoms with Gasteiger partial charge in [-0.2, -0.15) is 0 Å². The number of hydrogen-bond acceptors (Lipinski definition) is 5. The van der Waals surface area contributed by atoms with Crippen LogP contribution in [-0.4, -0.2) is 23.3 Å². The van der Waals surface area contributed by atoms with Gasteiger partial charge in [-0.05, 0) is 25.1 Å². The van der Waals surface area contributed by atoms with Crippen molar-refractivity contribution in [2.45, 2.75) is 6.92 Å². The van der Waals surface area contributed by atoms with Gasteiger partial charge >= 0.3 is 6.03 Å². The Labute approximate surface area is 143 Å². The number of benzene rings is 2. The Morgan fingerprint density at radius 3 is 2.71 bits per heavy atom. The molecule has 2 amide bonds. The molecule has 0 unspecified atom stereocenters. The Morgan fingerprint density at radius 1 is 1.08 bits per heavy atom. The van der Waals surface area contributed by atoms with Crippen molar-refractivity contribution in [3.8, 4) is 16.3 Å². The number of nitrogens with zero attached hydrogens (tertiary/aromatic N) is 2. The third kappa shape index (κ3) is 3.69. The predicted octanol–water partition coefficient (Wildman–Crippen LogP) is 4.17. The van der Waals surface area contributed by atoms with Crippen LogP contribution in [0.4, 0.5) is 15.6 Å². The van der Waals surface area contributed by atoms with Gasteiger partial charge in [-0.15, -0.1) is 10.2 Å². The molecule has 2 N–H and O–H groups in total. The van der Waals surface area contributed by atoms with Crippen LogP contribution in [0.1, 0.15) is 5.56 Å². The molecule has 0 aliphatic heterocycles. The van der Waals surface area contributed by atoms with Crippen LogP contribution in [0.25, 0.3) is 10.6 Å². The minimum absolute atomic E-state index is 0.397. The Kier molecular flexibility index (Phi) is 4.72. The zero-order valence-electron chi connectivity index (χ0n) is 13.2. The highest BCUT2D eigenvalue weighted by molar-refractivity contribution is 7.18. The Balaban J connectivity index is 1.69. The van der Waals surface area contributed by atoms with E-state index in [-0.39, 0.29) is 0 Å². The number of carbonyl (C=O) groups is 1. The summed E-state index contributed by atoms with van der Waals surface area (Å²) in [7, 11) is 1.55. The number of ether oxygens (including phenoxy) is 1. The van der Waals surface area contributed by atoms with E-state index in [1.54, 1.807) is 19.2 Å². The quantitative estimate of drug-likeness (QED) is 0.747. The van der Waals surface area contributed by atoms with E-state index < -0.39 is 6.03 Å². The van der Waals surface area contributed by atoms with Gasteiger partial charge < -0.3 is 10.1 Å². The molecular weight excluding hydrogens is 324 g/mol. The molecule has 2 aromatic carbocycles. The number of hydrogen-bond donors (Lipinski definition) is 2. The number of aromatic nitrogens is 2. The number of nitrogens with one attached hydrogen (secondary N) is 2. The monoisotopic (exact) mass is 340 g/mol. The van der Waals surface area contributed by atoms with Crippen LogP contribution >= 0.6 is 11.3 Å².